The molecule has 0 spiro atoms. The highest BCUT2D eigenvalue weighted by molar-refractivity contribution is 7.80. The van der Waals surface area contributed by atoms with Crippen molar-refractivity contribution >= 4 is 28.8 Å². The standard InChI is InChI=1S/C21H18ClNOS/c22-19-10-6-17(7-11-19)15-24-20-12-8-18(9-13-20)21(25)23-14-16-4-2-1-3-5-16/h1-13H,14-15H2,(H,23,25). The maximum atomic E-state index is 5.88. The van der Waals surface area contributed by atoms with Crippen LogP contribution in [0.2, 0.25) is 5.02 Å². The average Bonchev–Trinajstić information content (AvgIpc) is 2.67. The molecule has 0 bridgehead atoms. The highest BCUT2D eigenvalue weighted by Crippen LogP contribution is 2.16. The minimum Gasteiger partial charge on any atom is -0.489 e. The summed E-state index contributed by atoms with van der Waals surface area (Å²) >= 11 is 11.3. The molecule has 0 radical (unpaired) electrons. The molecular formula is C21H18ClNOS. The van der Waals surface area contributed by atoms with Crippen molar-refractivity contribution < 1.29 is 4.74 Å². The summed E-state index contributed by atoms with van der Waals surface area (Å²) in [6.07, 6.45) is 0. The Bertz CT molecular complexity index is 817. The fourth-order valence-electron chi connectivity index (χ4n) is 2.33. The molecule has 0 saturated carbocycles. The lowest BCUT2D eigenvalue weighted by molar-refractivity contribution is 0.306. The van der Waals surface area contributed by atoms with Gasteiger partial charge in [0, 0.05) is 17.1 Å². The summed E-state index contributed by atoms with van der Waals surface area (Å²) in [5.41, 5.74) is 3.26. The van der Waals surface area contributed by atoms with Crippen LogP contribution in [-0.4, -0.2) is 4.99 Å². The van der Waals surface area contributed by atoms with Crippen molar-refractivity contribution in [2.45, 2.75) is 13.2 Å². The zero-order valence-corrected chi connectivity index (χ0v) is 15.2. The smallest absolute Gasteiger partial charge is 0.119 e. The van der Waals surface area contributed by atoms with Crippen LogP contribution in [0.3, 0.4) is 0 Å². The van der Waals surface area contributed by atoms with Crippen LogP contribution in [0.5, 0.6) is 5.75 Å². The predicted molar refractivity (Wildman–Crippen MR) is 107 cm³/mol. The number of hydrogen-bond donors (Lipinski definition) is 1. The van der Waals surface area contributed by atoms with Gasteiger partial charge in [-0.15, -0.1) is 0 Å². The summed E-state index contributed by atoms with van der Waals surface area (Å²) in [6.45, 7) is 1.22. The monoisotopic (exact) mass is 367 g/mol. The van der Waals surface area contributed by atoms with Crippen LogP contribution in [0.1, 0.15) is 16.7 Å². The number of halogens is 1. The molecule has 0 fully saturated rings. The molecule has 4 heteroatoms. The van der Waals surface area contributed by atoms with Crippen LogP contribution >= 0.6 is 23.8 Å². The molecule has 25 heavy (non-hydrogen) atoms. The molecule has 1 N–H and O–H groups in total. The first kappa shape index (κ1) is 17.5. The fourth-order valence-corrected chi connectivity index (χ4v) is 2.66. The number of benzene rings is 3. The lowest BCUT2D eigenvalue weighted by atomic mass is 10.2. The van der Waals surface area contributed by atoms with Gasteiger partial charge in [0.1, 0.15) is 17.3 Å². The summed E-state index contributed by atoms with van der Waals surface area (Å²) in [5.74, 6) is 0.810. The van der Waals surface area contributed by atoms with Crippen LogP contribution in [0.25, 0.3) is 0 Å². The van der Waals surface area contributed by atoms with Gasteiger partial charge < -0.3 is 10.1 Å². The topological polar surface area (TPSA) is 21.3 Å². The van der Waals surface area contributed by atoms with Gasteiger partial charge in [-0.25, -0.2) is 0 Å². The van der Waals surface area contributed by atoms with E-state index in [1.165, 1.54) is 5.56 Å². The Kier molecular flexibility index (Phi) is 6.04. The first-order chi connectivity index (χ1) is 12.2. The van der Waals surface area contributed by atoms with Crippen molar-refractivity contribution in [2.75, 3.05) is 0 Å². The maximum absolute atomic E-state index is 5.88. The number of nitrogens with one attached hydrogen (secondary N) is 1. The van der Waals surface area contributed by atoms with Gasteiger partial charge in [0.25, 0.3) is 0 Å². The van der Waals surface area contributed by atoms with E-state index in [9.17, 15) is 0 Å². The molecule has 0 heterocycles. The van der Waals surface area contributed by atoms with E-state index in [2.05, 4.69) is 17.4 Å². The molecule has 3 aromatic carbocycles. The lowest BCUT2D eigenvalue weighted by Gasteiger charge is -2.10. The molecule has 126 valence electrons. The second-order valence-corrected chi connectivity index (χ2v) is 6.45. The fraction of sp³-hybridized carbons (Fsp3) is 0.0952. The Hall–Kier alpha value is -2.36. The number of ether oxygens (including phenoxy) is 1. The first-order valence-corrected chi connectivity index (χ1v) is 8.79. The van der Waals surface area contributed by atoms with Crippen LogP contribution < -0.4 is 10.1 Å². The van der Waals surface area contributed by atoms with Gasteiger partial charge in [-0.1, -0.05) is 66.3 Å². The van der Waals surface area contributed by atoms with E-state index in [1.54, 1.807) is 0 Å². The molecule has 0 atom stereocenters. The highest BCUT2D eigenvalue weighted by Gasteiger charge is 2.02. The number of rotatable bonds is 6. The molecule has 0 aromatic heterocycles. The summed E-state index contributed by atoms with van der Waals surface area (Å²) in [7, 11) is 0. The molecule has 0 aliphatic carbocycles. The van der Waals surface area contributed by atoms with Crippen LogP contribution in [0, 0.1) is 0 Å². The number of thiocarbonyl (C=S) groups is 1. The quantitative estimate of drug-likeness (QED) is 0.590. The van der Waals surface area contributed by atoms with E-state index in [4.69, 9.17) is 28.6 Å². The van der Waals surface area contributed by atoms with E-state index in [-0.39, 0.29) is 0 Å². The highest BCUT2D eigenvalue weighted by atomic mass is 35.5. The van der Waals surface area contributed by atoms with Crippen molar-refractivity contribution in [3.05, 3.63) is 101 Å². The molecule has 0 amide bonds. The zero-order chi connectivity index (χ0) is 17.5. The Morgan fingerprint density at radius 1 is 0.840 bits per heavy atom. The SMILES string of the molecule is S=C(NCc1ccccc1)c1ccc(OCc2ccc(Cl)cc2)cc1. The van der Waals surface area contributed by atoms with Gasteiger partial charge in [-0.2, -0.15) is 0 Å². The lowest BCUT2D eigenvalue weighted by Crippen LogP contribution is -2.21. The van der Waals surface area contributed by atoms with Crippen molar-refractivity contribution in [1.82, 2.24) is 5.32 Å². The van der Waals surface area contributed by atoms with Gasteiger partial charge in [0.2, 0.25) is 0 Å². The Morgan fingerprint density at radius 3 is 2.20 bits per heavy atom. The normalized spacial score (nSPS) is 10.3. The Morgan fingerprint density at radius 2 is 1.52 bits per heavy atom. The largest absolute Gasteiger partial charge is 0.489 e. The Balaban J connectivity index is 1.52. The minimum atomic E-state index is 0.507. The minimum absolute atomic E-state index is 0.507. The van der Waals surface area contributed by atoms with E-state index in [0.717, 1.165) is 26.9 Å². The third kappa shape index (κ3) is 5.31. The van der Waals surface area contributed by atoms with Gasteiger partial charge in [0.15, 0.2) is 0 Å². The van der Waals surface area contributed by atoms with E-state index in [1.807, 2.05) is 66.7 Å². The summed E-state index contributed by atoms with van der Waals surface area (Å²) < 4.78 is 5.79. The Labute approximate surface area is 158 Å². The van der Waals surface area contributed by atoms with Crippen molar-refractivity contribution in [3.63, 3.8) is 0 Å². The van der Waals surface area contributed by atoms with Crippen molar-refractivity contribution in [2.24, 2.45) is 0 Å². The van der Waals surface area contributed by atoms with E-state index in [0.29, 0.717) is 13.2 Å². The van der Waals surface area contributed by atoms with Crippen LogP contribution in [0.15, 0.2) is 78.9 Å². The summed E-state index contributed by atoms with van der Waals surface area (Å²) in [6, 6.07) is 25.6. The first-order valence-electron chi connectivity index (χ1n) is 8.00. The molecular weight excluding hydrogens is 350 g/mol. The molecule has 3 aromatic rings. The van der Waals surface area contributed by atoms with Gasteiger partial charge in [-0.05, 0) is 47.5 Å². The number of hydrogen-bond acceptors (Lipinski definition) is 2. The molecule has 0 aliphatic rings. The maximum Gasteiger partial charge on any atom is 0.119 e. The van der Waals surface area contributed by atoms with Crippen molar-refractivity contribution in [3.8, 4) is 5.75 Å². The van der Waals surface area contributed by atoms with Gasteiger partial charge >= 0.3 is 0 Å². The molecule has 0 saturated heterocycles. The molecule has 2 nitrogen and oxygen atoms in total. The average molecular weight is 368 g/mol. The molecule has 3 rings (SSSR count). The molecule has 0 aliphatic heterocycles. The van der Waals surface area contributed by atoms with Gasteiger partial charge in [0.05, 0.1) is 0 Å². The second kappa shape index (κ2) is 8.65. The van der Waals surface area contributed by atoms with Gasteiger partial charge in [-0.3, -0.25) is 0 Å². The van der Waals surface area contributed by atoms with Crippen molar-refractivity contribution in [1.29, 1.82) is 0 Å². The molecule has 0 unspecified atom stereocenters. The van der Waals surface area contributed by atoms with Crippen LogP contribution in [0.4, 0.5) is 0 Å². The third-order valence-corrected chi connectivity index (χ3v) is 4.36. The third-order valence-electron chi connectivity index (χ3n) is 3.73. The zero-order valence-electron chi connectivity index (χ0n) is 13.6. The van der Waals surface area contributed by atoms with E-state index >= 15 is 0 Å². The van der Waals surface area contributed by atoms with Crippen LogP contribution in [-0.2, 0) is 13.2 Å². The van der Waals surface area contributed by atoms with E-state index < -0.39 is 0 Å². The summed E-state index contributed by atoms with van der Waals surface area (Å²) in [5, 5.41) is 4.00. The second-order valence-electron chi connectivity index (χ2n) is 5.61. The summed E-state index contributed by atoms with van der Waals surface area (Å²) in [4.78, 5) is 0.730. The predicted octanol–water partition coefficient (Wildman–Crippen LogP) is 5.38.